The fraction of sp³-hybridized carbons (Fsp3) is 0. The second-order valence-corrected chi connectivity index (χ2v) is 2.80. The molecule has 0 aliphatic rings. The molecule has 0 N–H and O–H groups in total. The minimum Gasteiger partial charge on any atom is -0.381 e. The van der Waals surface area contributed by atoms with Gasteiger partial charge in [0.2, 0.25) is 5.52 Å². The Labute approximate surface area is 77.1 Å². The first kappa shape index (κ1) is 8.00. The lowest BCUT2D eigenvalue weighted by Crippen LogP contribution is -1.85. The standard InChI is InChI=1S/C7H3ClN2O3/c8-4-1-2-5-6(3-4)13-7(9-5)10(11)12/h1-3H. The predicted molar refractivity (Wildman–Crippen MR) is 45.7 cm³/mol. The van der Waals surface area contributed by atoms with Crippen LogP contribution in [0.15, 0.2) is 22.6 Å². The van der Waals surface area contributed by atoms with Gasteiger partial charge in [-0.05, 0) is 12.1 Å². The van der Waals surface area contributed by atoms with Crippen molar-refractivity contribution in [2.75, 3.05) is 0 Å². The zero-order valence-electron chi connectivity index (χ0n) is 6.23. The number of oxazole rings is 1. The Bertz CT molecular complexity index is 480. The lowest BCUT2D eigenvalue weighted by Gasteiger charge is -1.83. The quantitative estimate of drug-likeness (QED) is 0.521. The highest BCUT2D eigenvalue weighted by Crippen LogP contribution is 2.23. The highest BCUT2D eigenvalue weighted by atomic mass is 35.5. The SMILES string of the molecule is O=[N+]([O-])c1nc2ccc(Cl)cc2o1. The molecule has 1 aromatic heterocycles. The summed E-state index contributed by atoms with van der Waals surface area (Å²) in [4.78, 5) is 13.2. The van der Waals surface area contributed by atoms with Crippen LogP contribution in [-0.4, -0.2) is 9.91 Å². The summed E-state index contributed by atoms with van der Waals surface area (Å²) in [6.45, 7) is 0. The van der Waals surface area contributed by atoms with Gasteiger partial charge in [0.05, 0.1) is 0 Å². The van der Waals surface area contributed by atoms with E-state index in [4.69, 9.17) is 16.0 Å². The Morgan fingerprint density at radius 2 is 2.31 bits per heavy atom. The molecule has 0 unspecified atom stereocenters. The molecule has 0 spiro atoms. The van der Waals surface area contributed by atoms with Crippen LogP contribution in [0.25, 0.3) is 11.1 Å². The van der Waals surface area contributed by atoms with E-state index in [0.717, 1.165) is 0 Å². The molecule has 0 atom stereocenters. The first-order chi connectivity index (χ1) is 6.16. The molecule has 0 saturated heterocycles. The average Bonchev–Trinajstić information content (AvgIpc) is 2.46. The van der Waals surface area contributed by atoms with E-state index < -0.39 is 10.9 Å². The van der Waals surface area contributed by atoms with Gasteiger partial charge in [0.15, 0.2) is 5.58 Å². The molecule has 0 radical (unpaired) electrons. The Morgan fingerprint density at radius 1 is 1.54 bits per heavy atom. The third-order valence-corrected chi connectivity index (χ3v) is 1.73. The van der Waals surface area contributed by atoms with Gasteiger partial charge in [-0.3, -0.25) is 0 Å². The molecular weight excluding hydrogens is 196 g/mol. The van der Waals surface area contributed by atoms with Crippen LogP contribution < -0.4 is 0 Å². The number of hydrogen-bond acceptors (Lipinski definition) is 4. The molecule has 1 aromatic carbocycles. The summed E-state index contributed by atoms with van der Waals surface area (Å²) < 4.78 is 4.82. The maximum Gasteiger partial charge on any atom is 0.546 e. The third kappa shape index (κ3) is 1.33. The second kappa shape index (κ2) is 2.70. The third-order valence-electron chi connectivity index (χ3n) is 1.50. The van der Waals surface area contributed by atoms with Gasteiger partial charge in [0.1, 0.15) is 0 Å². The van der Waals surface area contributed by atoms with Crippen molar-refractivity contribution in [2.45, 2.75) is 0 Å². The summed E-state index contributed by atoms with van der Waals surface area (Å²) in [6.07, 6.45) is 0. The predicted octanol–water partition coefficient (Wildman–Crippen LogP) is 2.39. The fourth-order valence-electron chi connectivity index (χ4n) is 0.964. The van der Waals surface area contributed by atoms with Gasteiger partial charge < -0.3 is 14.5 Å². The van der Waals surface area contributed by atoms with Crippen LogP contribution in [0.3, 0.4) is 0 Å². The molecule has 5 nitrogen and oxygen atoms in total. The molecule has 1 heterocycles. The van der Waals surface area contributed by atoms with Gasteiger partial charge >= 0.3 is 6.01 Å². The molecule has 0 bridgehead atoms. The molecule has 0 amide bonds. The summed E-state index contributed by atoms with van der Waals surface area (Å²) in [7, 11) is 0. The molecular formula is C7H3ClN2O3. The monoisotopic (exact) mass is 198 g/mol. The topological polar surface area (TPSA) is 69.2 Å². The average molecular weight is 199 g/mol. The van der Waals surface area contributed by atoms with E-state index in [0.29, 0.717) is 16.1 Å². The smallest absolute Gasteiger partial charge is 0.381 e. The summed E-state index contributed by atoms with van der Waals surface area (Å²) in [6, 6.07) is 4.12. The first-order valence-corrected chi connectivity index (χ1v) is 3.75. The van der Waals surface area contributed by atoms with Gasteiger partial charge in [0, 0.05) is 21.0 Å². The highest BCUT2D eigenvalue weighted by molar-refractivity contribution is 6.31. The highest BCUT2D eigenvalue weighted by Gasteiger charge is 2.16. The van der Waals surface area contributed by atoms with E-state index in [1.165, 1.54) is 6.07 Å². The van der Waals surface area contributed by atoms with E-state index in [9.17, 15) is 10.1 Å². The Hall–Kier alpha value is -1.62. The van der Waals surface area contributed by atoms with Crippen LogP contribution in [0, 0.1) is 10.1 Å². The van der Waals surface area contributed by atoms with E-state index in [1.807, 2.05) is 0 Å². The van der Waals surface area contributed by atoms with Crippen molar-refractivity contribution in [3.8, 4) is 0 Å². The number of nitro groups is 1. The second-order valence-electron chi connectivity index (χ2n) is 2.37. The zero-order chi connectivity index (χ0) is 9.42. The summed E-state index contributed by atoms with van der Waals surface area (Å²) in [5, 5.41) is 10.7. The van der Waals surface area contributed by atoms with E-state index in [1.54, 1.807) is 12.1 Å². The van der Waals surface area contributed by atoms with Crippen LogP contribution >= 0.6 is 11.6 Å². The maximum atomic E-state index is 10.3. The maximum absolute atomic E-state index is 10.3. The van der Waals surface area contributed by atoms with Gasteiger partial charge in [0.25, 0.3) is 0 Å². The van der Waals surface area contributed by atoms with Gasteiger partial charge in [-0.1, -0.05) is 11.6 Å². The summed E-state index contributed by atoms with van der Waals surface area (Å²) in [5.41, 5.74) is 0.746. The molecule has 0 saturated carbocycles. The van der Waals surface area contributed by atoms with Crippen LogP contribution in [0.5, 0.6) is 0 Å². The lowest BCUT2D eigenvalue weighted by molar-refractivity contribution is -0.406. The number of hydrogen-bond donors (Lipinski definition) is 0. The molecule has 2 aromatic rings. The van der Waals surface area contributed by atoms with Gasteiger partial charge in [-0.15, -0.1) is 0 Å². The fourth-order valence-corrected chi connectivity index (χ4v) is 1.13. The lowest BCUT2D eigenvalue weighted by atomic mass is 10.3. The van der Waals surface area contributed by atoms with E-state index >= 15 is 0 Å². The van der Waals surface area contributed by atoms with E-state index in [-0.39, 0.29) is 0 Å². The van der Waals surface area contributed by atoms with Crippen LogP contribution in [0.2, 0.25) is 5.02 Å². The molecule has 0 aliphatic carbocycles. The first-order valence-electron chi connectivity index (χ1n) is 3.37. The minimum atomic E-state index is -0.687. The van der Waals surface area contributed by atoms with Gasteiger partial charge in [-0.25, -0.2) is 0 Å². The van der Waals surface area contributed by atoms with Crippen molar-refractivity contribution in [3.63, 3.8) is 0 Å². The number of nitrogens with zero attached hydrogens (tertiary/aromatic N) is 2. The van der Waals surface area contributed by atoms with Crippen LogP contribution in [0.4, 0.5) is 6.01 Å². The van der Waals surface area contributed by atoms with Gasteiger partial charge in [-0.2, -0.15) is 0 Å². The number of halogens is 1. The van der Waals surface area contributed by atoms with E-state index in [2.05, 4.69) is 4.98 Å². The number of fused-ring (bicyclic) bond motifs is 1. The molecule has 66 valence electrons. The normalized spacial score (nSPS) is 10.5. The molecule has 13 heavy (non-hydrogen) atoms. The Balaban J connectivity index is 2.68. The molecule has 2 rings (SSSR count). The summed E-state index contributed by atoms with van der Waals surface area (Å²) >= 11 is 5.65. The number of rotatable bonds is 1. The molecule has 0 fully saturated rings. The van der Waals surface area contributed by atoms with Crippen molar-refractivity contribution >= 4 is 28.7 Å². The van der Waals surface area contributed by atoms with Crippen molar-refractivity contribution < 1.29 is 9.34 Å². The van der Waals surface area contributed by atoms with Crippen molar-refractivity contribution in [1.29, 1.82) is 0 Å². The largest absolute Gasteiger partial charge is 0.546 e. The van der Waals surface area contributed by atoms with Crippen LogP contribution in [-0.2, 0) is 0 Å². The van der Waals surface area contributed by atoms with Crippen LogP contribution in [0.1, 0.15) is 0 Å². The summed E-state index contributed by atoms with van der Waals surface area (Å²) in [5.74, 6) is 0. The van der Waals surface area contributed by atoms with Crippen molar-refractivity contribution in [2.24, 2.45) is 0 Å². The molecule has 6 heteroatoms. The Morgan fingerprint density at radius 3 is 3.00 bits per heavy atom. The van der Waals surface area contributed by atoms with Crippen molar-refractivity contribution in [3.05, 3.63) is 33.3 Å². The number of aromatic nitrogens is 1. The zero-order valence-corrected chi connectivity index (χ0v) is 6.99. The van der Waals surface area contributed by atoms with Crippen molar-refractivity contribution in [1.82, 2.24) is 4.98 Å². The Kier molecular flexibility index (Phi) is 1.66. The molecule has 0 aliphatic heterocycles. The minimum absolute atomic E-state index is 0.319. The number of benzene rings is 1.